The van der Waals surface area contributed by atoms with Gasteiger partial charge in [-0.1, -0.05) is 6.92 Å². The molecule has 0 saturated heterocycles. The van der Waals surface area contributed by atoms with Crippen molar-refractivity contribution in [3.05, 3.63) is 24.3 Å². The van der Waals surface area contributed by atoms with Crippen LogP contribution in [-0.4, -0.2) is 52.7 Å². The Balaban J connectivity index is 2.78. The van der Waals surface area contributed by atoms with Crippen LogP contribution in [0.25, 0.3) is 0 Å². The molecule has 2 N–H and O–H groups in total. The predicted octanol–water partition coefficient (Wildman–Crippen LogP) is 1.07. The van der Waals surface area contributed by atoms with Gasteiger partial charge in [-0.05, 0) is 37.2 Å². The first kappa shape index (κ1) is 17.9. The Morgan fingerprint density at radius 1 is 1.19 bits per heavy atom. The molecule has 1 rings (SSSR count). The molecule has 0 heterocycles. The molecule has 0 aliphatic carbocycles. The minimum Gasteiger partial charge on any atom is -0.494 e. The maximum atomic E-state index is 12.5. The number of sulfonamides is 1. The third-order valence-corrected chi connectivity index (χ3v) is 4.96. The highest BCUT2D eigenvalue weighted by molar-refractivity contribution is 7.89. The largest absolute Gasteiger partial charge is 0.494 e. The van der Waals surface area contributed by atoms with Crippen LogP contribution in [0, 0.1) is 0 Å². The number of hydrogen-bond donors (Lipinski definition) is 1. The van der Waals surface area contributed by atoms with Crippen LogP contribution in [-0.2, 0) is 14.8 Å². The summed E-state index contributed by atoms with van der Waals surface area (Å²) in [5.41, 5.74) is 5.39. The average molecular weight is 316 g/mol. The fourth-order valence-corrected chi connectivity index (χ4v) is 3.20. The summed E-state index contributed by atoms with van der Waals surface area (Å²) in [6.07, 6.45) is 0.765. The van der Waals surface area contributed by atoms with E-state index < -0.39 is 10.0 Å². The Morgan fingerprint density at radius 2 is 1.86 bits per heavy atom. The van der Waals surface area contributed by atoms with E-state index in [1.807, 2.05) is 0 Å². The van der Waals surface area contributed by atoms with Crippen LogP contribution in [0.5, 0.6) is 5.75 Å². The van der Waals surface area contributed by atoms with Crippen LogP contribution in [0.15, 0.2) is 29.2 Å². The molecule has 0 aliphatic heterocycles. The zero-order valence-electron chi connectivity index (χ0n) is 12.6. The third-order valence-electron chi connectivity index (χ3n) is 2.98. The van der Waals surface area contributed by atoms with Crippen molar-refractivity contribution < 1.29 is 17.9 Å². The molecule has 1 aromatic carbocycles. The Kier molecular flexibility index (Phi) is 7.66. The smallest absolute Gasteiger partial charge is 0.243 e. The van der Waals surface area contributed by atoms with E-state index in [4.69, 9.17) is 15.2 Å². The molecule has 0 fully saturated rings. The Hall–Kier alpha value is -1.15. The van der Waals surface area contributed by atoms with E-state index in [0.29, 0.717) is 38.6 Å². The Morgan fingerprint density at radius 3 is 2.38 bits per heavy atom. The molecule has 0 bridgehead atoms. The molecule has 0 saturated carbocycles. The quantitative estimate of drug-likeness (QED) is 0.653. The van der Waals surface area contributed by atoms with Gasteiger partial charge in [0.15, 0.2) is 0 Å². The summed E-state index contributed by atoms with van der Waals surface area (Å²) in [5, 5.41) is 0. The van der Waals surface area contributed by atoms with Crippen LogP contribution in [0.4, 0.5) is 0 Å². The van der Waals surface area contributed by atoms with Crippen molar-refractivity contribution in [1.82, 2.24) is 4.31 Å². The lowest BCUT2D eigenvalue weighted by molar-refractivity contribution is 0.180. The molecule has 0 radical (unpaired) electrons. The molecule has 0 aliphatic rings. The number of hydrogen-bond acceptors (Lipinski definition) is 5. The monoisotopic (exact) mass is 316 g/mol. The molecule has 0 spiro atoms. The average Bonchev–Trinajstić information content (AvgIpc) is 2.48. The van der Waals surface area contributed by atoms with E-state index in [1.165, 1.54) is 4.31 Å². The van der Waals surface area contributed by atoms with Gasteiger partial charge in [-0.25, -0.2) is 8.42 Å². The summed E-state index contributed by atoms with van der Waals surface area (Å²) < 4.78 is 36.7. The van der Waals surface area contributed by atoms with E-state index in [-0.39, 0.29) is 4.90 Å². The van der Waals surface area contributed by atoms with Crippen molar-refractivity contribution in [3.63, 3.8) is 0 Å². The predicted molar refractivity (Wildman–Crippen MR) is 81.9 cm³/mol. The number of methoxy groups -OCH3 is 1. The maximum Gasteiger partial charge on any atom is 0.243 e. The van der Waals surface area contributed by atoms with Crippen LogP contribution in [0.2, 0.25) is 0 Å². The maximum absolute atomic E-state index is 12.5. The lowest BCUT2D eigenvalue weighted by atomic mass is 10.3. The van der Waals surface area contributed by atoms with Gasteiger partial charge in [0.2, 0.25) is 10.0 Å². The number of likely N-dealkylation sites (N-methyl/N-ethyl adjacent to an activating group) is 1. The normalized spacial score (nSPS) is 11.8. The van der Waals surface area contributed by atoms with Crippen molar-refractivity contribution in [1.29, 1.82) is 0 Å². The van der Waals surface area contributed by atoms with Gasteiger partial charge in [-0.2, -0.15) is 4.31 Å². The van der Waals surface area contributed by atoms with Crippen molar-refractivity contribution in [3.8, 4) is 5.75 Å². The van der Waals surface area contributed by atoms with Gasteiger partial charge in [0.05, 0.1) is 18.1 Å². The molecule has 0 atom stereocenters. The van der Waals surface area contributed by atoms with E-state index in [1.54, 1.807) is 38.3 Å². The van der Waals surface area contributed by atoms with Crippen LogP contribution >= 0.6 is 0 Å². The minimum absolute atomic E-state index is 0.256. The molecular formula is C14H24N2O4S. The van der Waals surface area contributed by atoms with Crippen LogP contribution in [0.3, 0.4) is 0 Å². The van der Waals surface area contributed by atoms with Gasteiger partial charge in [-0.15, -0.1) is 0 Å². The number of rotatable bonds is 10. The lowest BCUT2D eigenvalue weighted by Crippen LogP contribution is -2.33. The van der Waals surface area contributed by atoms with Crippen molar-refractivity contribution >= 4 is 10.0 Å². The summed E-state index contributed by atoms with van der Waals surface area (Å²) in [6.45, 7) is 4.00. The first-order chi connectivity index (χ1) is 10.1. The SMILES string of the molecule is CCN(CCOC)S(=O)(=O)c1ccc(OCCCN)cc1. The summed E-state index contributed by atoms with van der Waals surface area (Å²) in [5.74, 6) is 0.641. The Labute approximate surface area is 126 Å². The second-order valence-corrected chi connectivity index (χ2v) is 6.39. The first-order valence-electron chi connectivity index (χ1n) is 6.98. The number of nitrogens with zero attached hydrogens (tertiary/aromatic N) is 1. The standard InChI is InChI=1S/C14H24N2O4S/c1-3-16(10-12-19-2)21(17,18)14-7-5-13(6-8-14)20-11-4-9-15/h5-8H,3-4,9-12,15H2,1-2H3. The van der Waals surface area contributed by atoms with Gasteiger partial charge >= 0.3 is 0 Å². The van der Waals surface area contributed by atoms with Crippen molar-refractivity contribution in [2.24, 2.45) is 5.73 Å². The summed E-state index contributed by atoms with van der Waals surface area (Å²) in [7, 11) is -1.94. The molecule has 120 valence electrons. The van der Waals surface area contributed by atoms with Gasteiger partial charge in [-0.3, -0.25) is 0 Å². The molecule has 7 heteroatoms. The van der Waals surface area contributed by atoms with Gasteiger partial charge in [0, 0.05) is 20.2 Å². The lowest BCUT2D eigenvalue weighted by Gasteiger charge is -2.20. The first-order valence-corrected chi connectivity index (χ1v) is 8.42. The summed E-state index contributed by atoms with van der Waals surface area (Å²) >= 11 is 0. The molecule has 1 aromatic rings. The number of benzene rings is 1. The van der Waals surface area contributed by atoms with E-state index in [9.17, 15) is 8.42 Å². The second kappa shape index (κ2) is 8.99. The highest BCUT2D eigenvalue weighted by Crippen LogP contribution is 2.19. The fraction of sp³-hybridized carbons (Fsp3) is 0.571. The van der Waals surface area contributed by atoms with Gasteiger partial charge in [0.1, 0.15) is 5.75 Å². The number of ether oxygens (including phenoxy) is 2. The van der Waals surface area contributed by atoms with Gasteiger partial charge in [0.25, 0.3) is 0 Å². The molecule has 0 amide bonds. The summed E-state index contributed by atoms with van der Waals surface area (Å²) in [4.78, 5) is 0.256. The highest BCUT2D eigenvalue weighted by atomic mass is 32.2. The molecular weight excluding hydrogens is 292 g/mol. The highest BCUT2D eigenvalue weighted by Gasteiger charge is 2.22. The summed E-state index contributed by atoms with van der Waals surface area (Å²) in [6, 6.07) is 6.44. The Bertz CT molecular complexity index is 502. The number of nitrogens with two attached hydrogens (primary N) is 1. The molecule has 0 aromatic heterocycles. The van der Waals surface area contributed by atoms with Crippen LogP contribution in [0.1, 0.15) is 13.3 Å². The molecule has 0 unspecified atom stereocenters. The topological polar surface area (TPSA) is 81.9 Å². The van der Waals surface area contributed by atoms with Crippen molar-refractivity contribution in [2.45, 2.75) is 18.2 Å². The molecule has 6 nitrogen and oxygen atoms in total. The zero-order valence-corrected chi connectivity index (χ0v) is 13.4. The van der Waals surface area contributed by atoms with E-state index in [0.717, 1.165) is 6.42 Å². The minimum atomic E-state index is -3.49. The second-order valence-electron chi connectivity index (χ2n) is 4.45. The third kappa shape index (κ3) is 5.28. The van der Waals surface area contributed by atoms with E-state index >= 15 is 0 Å². The van der Waals surface area contributed by atoms with Gasteiger partial charge < -0.3 is 15.2 Å². The fourth-order valence-electron chi connectivity index (χ4n) is 1.77. The van der Waals surface area contributed by atoms with E-state index in [2.05, 4.69) is 0 Å². The molecule has 21 heavy (non-hydrogen) atoms. The zero-order chi connectivity index (χ0) is 15.7. The van der Waals surface area contributed by atoms with Crippen LogP contribution < -0.4 is 10.5 Å². The van der Waals surface area contributed by atoms with Crippen molar-refractivity contribution in [2.75, 3.05) is 40.0 Å².